The quantitative estimate of drug-likeness (QED) is 0.571. The number of anilines is 1. The largest absolute Gasteiger partial charge is 0.416 e. The number of aliphatic hydroxyl groups is 1. The maximum Gasteiger partial charge on any atom is 0.416 e. The number of fused-ring (bicyclic) bond motifs is 1. The van der Waals surface area contributed by atoms with Gasteiger partial charge in [-0.3, -0.25) is 4.79 Å². The van der Waals surface area contributed by atoms with Gasteiger partial charge in [0.25, 0.3) is 5.91 Å². The predicted octanol–water partition coefficient (Wildman–Crippen LogP) is 4.98. The molecule has 0 saturated heterocycles. The van der Waals surface area contributed by atoms with Crippen molar-refractivity contribution in [2.75, 3.05) is 4.90 Å². The SMILES string of the molecule is CC(O)c1cc2c(c(C(F)(F)F)c1)CN(c1cccc([C@H](c3nncn3C)C3CCC3)c1)C2=O. The maximum absolute atomic E-state index is 13.8. The van der Waals surface area contributed by atoms with Gasteiger partial charge in [-0.15, -0.1) is 10.2 Å². The van der Waals surface area contributed by atoms with E-state index in [4.69, 9.17) is 0 Å². The molecule has 2 atom stereocenters. The molecule has 178 valence electrons. The van der Waals surface area contributed by atoms with Crippen LogP contribution in [0.3, 0.4) is 0 Å². The van der Waals surface area contributed by atoms with Crippen molar-refractivity contribution in [3.05, 3.63) is 76.4 Å². The molecule has 1 aliphatic carbocycles. The summed E-state index contributed by atoms with van der Waals surface area (Å²) in [6.07, 6.45) is -0.826. The van der Waals surface area contributed by atoms with E-state index in [1.807, 2.05) is 29.8 Å². The lowest BCUT2D eigenvalue weighted by Crippen LogP contribution is -2.25. The van der Waals surface area contributed by atoms with Crippen molar-refractivity contribution in [2.24, 2.45) is 13.0 Å². The molecule has 1 aromatic heterocycles. The van der Waals surface area contributed by atoms with E-state index in [-0.39, 0.29) is 29.2 Å². The van der Waals surface area contributed by atoms with Gasteiger partial charge in [-0.2, -0.15) is 13.2 Å². The monoisotopic (exact) mass is 470 g/mol. The molecule has 9 heteroatoms. The molecule has 0 bridgehead atoms. The van der Waals surface area contributed by atoms with Crippen LogP contribution in [0.25, 0.3) is 0 Å². The van der Waals surface area contributed by atoms with Crippen molar-refractivity contribution in [1.29, 1.82) is 0 Å². The topological polar surface area (TPSA) is 71.2 Å². The van der Waals surface area contributed by atoms with Crippen LogP contribution in [0.5, 0.6) is 0 Å². The minimum Gasteiger partial charge on any atom is -0.389 e. The van der Waals surface area contributed by atoms with E-state index in [0.717, 1.165) is 36.7 Å². The number of alkyl halides is 3. The van der Waals surface area contributed by atoms with Gasteiger partial charge in [-0.05, 0) is 66.6 Å². The molecule has 2 aromatic carbocycles. The normalized spacial score (nSPS) is 18.1. The third-order valence-corrected chi connectivity index (χ3v) is 7.04. The molecule has 5 rings (SSSR count). The van der Waals surface area contributed by atoms with E-state index in [2.05, 4.69) is 10.2 Å². The number of aryl methyl sites for hydroxylation is 1. The van der Waals surface area contributed by atoms with Crippen LogP contribution in [0.2, 0.25) is 0 Å². The first kappa shape index (κ1) is 22.6. The highest BCUT2D eigenvalue weighted by Gasteiger charge is 2.41. The lowest BCUT2D eigenvalue weighted by atomic mass is 9.72. The summed E-state index contributed by atoms with van der Waals surface area (Å²) < 4.78 is 43.3. The Bertz CT molecular complexity index is 1250. The number of hydrogen-bond acceptors (Lipinski definition) is 4. The van der Waals surface area contributed by atoms with Gasteiger partial charge in [0.1, 0.15) is 12.2 Å². The zero-order valence-electron chi connectivity index (χ0n) is 18.9. The number of amides is 1. The minimum atomic E-state index is -4.63. The van der Waals surface area contributed by atoms with Crippen molar-refractivity contribution < 1.29 is 23.1 Å². The first-order valence-electron chi connectivity index (χ1n) is 11.3. The molecule has 2 heterocycles. The summed E-state index contributed by atoms with van der Waals surface area (Å²) in [5.74, 6) is 0.724. The van der Waals surface area contributed by atoms with Crippen molar-refractivity contribution in [3.8, 4) is 0 Å². The number of aliphatic hydroxyl groups excluding tert-OH is 1. The van der Waals surface area contributed by atoms with E-state index in [1.165, 1.54) is 17.9 Å². The number of carbonyl (C=O) groups is 1. The number of nitrogens with zero attached hydrogens (tertiary/aromatic N) is 4. The molecule has 34 heavy (non-hydrogen) atoms. The summed E-state index contributed by atoms with van der Waals surface area (Å²) in [4.78, 5) is 14.6. The molecular weight excluding hydrogens is 445 g/mol. The van der Waals surface area contributed by atoms with Crippen LogP contribution in [-0.4, -0.2) is 25.8 Å². The highest BCUT2D eigenvalue weighted by molar-refractivity contribution is 6.10. The maximum atomic E-state index is 13.8. The number of carbonyl (C=O) groups excluding carboxylic acids is 1. The number of benzene rings is 2. The fraction of sp³-hybridized carbons (Fsp3) is 0.400. The third-order valence-electron chi connectivity index (χ3n) is 7.04. The first-order valence-corrected chi connectivity index (χ1v) is 11.3. The van der Waals surface area contributed by atoms with Crippen LogP contribution in [-0.2, 0) is 19.8 Å². The van der Waals surface area contributed by atoms with Gasteiger partial charge in [0.05, 0.1) is 18.2 Å². The molecule has 0 radical (unpaired) electrons. The van der Waals surface area contributed by atoms with E-state index >= 15 is 0 Å². The minimum absolute atomic E-state index is 0.00569. The molecular formula is C25H25F3N4O2. The van der Waals surface area contributed by atoms with Crippen molar-refractivity contribution in [1.82, 2.24) is 14.8 Å². The summed E-state index contributed by atoms with van der Waals surface area (Å²) in [6.45, 7) is 1.21. The molecule has 1 saturated carbocycles. The van der Waals surface area contributed by atoms with Crippen LogP contribution in [0.4, 0.5) is 18.9 Å². The van der Waals surface area contributed by atoms with Crippen LogP contribution in [0.15, 0.2) is 42.7 Å². The number of hydrogen-bond donors (Lipinski definition) is 1. The molecule has 1 unspecified atom stereocenters. The van der Waals surface area contributed by atoms with Gasteiger partial charge < -0.3 is 14.6 Å². The number of aromatic nitrogens is 3. The Morgan fingerprint density at radius 3 is 2.50 bits per heavy atom. The van der Waals surface area contributed by atoms with Crippen molar-refractivity contribution >= 4 is 11.6 Å². The van der Waals surface area contributed by atoms with Crippen LogP contribution in [0.1, 0.15) is 76.6 Å². The van der Waals surface area contributed by atoms with Crippen LogP contribution < -0.4 is 4.90 Å². The smallest absolute Gasteiger partial charge is 0.389 e. The lowest BCUT2D eigenvalue weighted by Gasteiger charge is -2.33. The average molecular weight is 470 g/mol. The first-order chi connectivity index (χ1) is 16.1. The zero-order chi connectivity index (χ0) is 24.2. The molecule has 2 aliphatic rings. The second kappa shape index (κ2) is 8.23. The Balaban J connectivity index is 1.54. The summed E-state index contributed by atoms with van der Waals surface area (Å²) in [6, 6.07) is 9.74. The van der Waals surface area contributed by atoms with Crippen LogP contribution in [0, 0.1) is 5.92 Å². The molecule has 3 aromatic rings. The Labute approximate surface area is 195 Å². The Kier molecular flexibility index (Phi) is 5.47. The van der Waals surface area contributed by atoms with E-state index in [9.17, 15) is 23.1 Å². The van der Waals surface area contributed by atoms with Gasteiger partial charge in [0.15, 0.2) is 0 Å². The van der Waals surface area contributed by atoms with Gasteiger partial charge in [0, 0.05) is 24.2 Å². The summed E-state index contributed by atoms with van der Waals surface area (Å²) in [5.41, 5.74) is 0.623. The summed E-state index contributed by atoms with van der Waals surface area (Å²) >= 11 is 0. The number of rotatable bonds is 5. The lowest BCUT2D eigenvalue weighted by molar-refractivity contribution is -0.138. The fourth-order valence-corrected chi connectivity index (χ4v) is 5.00. The molecule has 6 nitrogen and oxygen atoms in total. The molecule has 1 N–H and O–H groups in total. The van der Waals surface area contributed by atoms with Gasteiger partial charge >= 0.3 is 6.18 Å². The fourth-order valence-electron chi connectivity index (χ4n) is 5.00. The van der Waals surface area contributed by atoms with Gasteiger partial charge in [0.2, 0.25) is 0 Å². The van der Waals surface area contributed by atoms with E-state index in [0.29, 0.717) is 11.6 Å². The molecule has 1 fully saturated rings. The Hall–Kier alpha value is -3.20. The highest BCUT2D eigenvalue weighted by atomic mass is 19.4. The molecule has 1 aliphatic heterocycles. The van der Waals surface area contributed by atoms with Crippen molar-refractivity contribution in [3.63, 3.8) is 0 Å². The van der Waals surface area contributed by atoms with Crippen molar-refractivity contribution in [2.45, 2.75) is 50.9 Å². The third kappa shape index (κ3) is 3.77. The summed E-state index contributed by atoms with van der Waals surface area (Å²) in [7, 11) is 1.89. The second-order valence-electron chi connectivity index (χ2n) is 9.22. The van der Waals surface area contributed by atoms with E-state index < -0.39 is 23.8 Å². The van der Waals surface area contributed by atoms with Gasteiger partial charge in [-0.25, -0.2) is 0 Å². The standard InChI is InChI=1S/C25H25F3N4O2/c1-14(33)17-10-19-20(21(11-17)25(26,27)28)12-32(24(19)34)18-8-4-7-16(9-18)22(15-5-3-6-15)23-30-29-13-31(23)2/h4,7-11,13-15,22,33H,3,5-6,12H2,1-2H3/t14?,22-/m1/s1. The van der Waals surface area contributed by atoms with E-state index in [1.54, 1.807) is 12.4 Å². The number of halogens is 3. The highest BCUT2D eigenvalue weighted by Crippen LogP contribution is 2.44. The second-order valence-corrected chi connectivity index (χ2v) is 9.22. The Morgan fingerprint density at radius 2 is 1.91 bits per heavy atom. The van der Waals surface area contributed by atoms with Crippen LogP contribution >= 0.6 is 0 Å². The predicted molar refractivity (Wildman–Crippen MR) is 119 cm³/mol. The average Bonchev–Trinajstić information content (AvgIpc) is 3.32. The van der Waals surface area contributed by atoms with Gasteiger partial charge in [-0.1, -0.05) is 18.6 Å². The Morgan fingerprint density at radius 1 is 1.15 bits per heavy atom. The summed E-state index contributed by atoms with van der Waals surface area (Å²) in [5, 5.41) is 18.2. The molecule has 1 amide bonds. The molecule has 0 spiro atoms. The zero-order valence-corrected chi connectivity index (χ0v) is 18.9.